The third-order valence-electron chi connectivity index (χ3n) is 13.0. The number of amides is 1. The van der Waals surface area contributed by atoms with Gasteiger partial charge in [0.1, 0.15) is 6.10 Å². The Kier molecular flexibility index (Phi) is 50.5. The van der Waals surface area contributed by atoms with Gasteiger partial charge in [0.15, 0.2) is 0 Å². The Balaban J connectivity index is 4.54. The van der Waals surface area contributed by atoms with Crippen LogP contribution in [0.2, 0.25) is 0 Å². The highest BCUT2D eigenvalue weighted by Gasteiger charge is 2.24. The summed E-state index contributed by atoms with van der Waals surface area (Å²) in [5.41, 5.74) is 0. The lowest BCUT2D eigenvalue weighted by molar-refractivity contribution is -0.151. The fourth-order valence-electron chi connectivity index (χ4n) is 8.74. The summed E-state index contributed by atoms with van der Waals surface area (Å²) in [6, 6.07) is -0.703. The van der Waals surface area contributed by atoms with Crippen LogP contribution in [0, 0.1) is 0 Å². The highest BCUT2D eigenvalue weighted by Crippen LogP contribution is 2.19. The number of ether oxygens (including phenoxy) is 1. The Morgan fingerprint density at radius 2 is 0.844 bits per heavy atom. The molecule has 0 spiro atoms. The van der Waals surface area contributed by atoms with E-state index in [1.54, 1.807) is 0 Å². The number of rotatable bonds is 51. The molecule has 0 heterocycles. The summed E-state index contributed by atoms with van der Waals surface area (Å²) in [6.45, 7) is 6.40. The standard InChI is InChI=1S/C58H109NO5/c1-4-7-10-13-16-19-22-25-28-30-32-35-38-41-44-47-50-56(61)55(53-60)59-57(62)52-54(49-46-43-40-37-34-31-29-26-23-20-17-14-11-8-5-2)64-58(63)51-48-45-42-39-36-33-27-24-21-18-15-12-9-6-3/h9,12,18,21,27,33,54-56,60-61H,4-8,10-11,13-17,19-20,22-26,28-32,34-53H2,1-3H3,(H,59,62)/b12-9+,21-18+,33-27+. The molecule has 0 aromatic carbocycles. The van der Waals surface area contributed by atoms with Crippen LogP contribution in [0.15, 0.2) is 36.5 Å². The monoisotopic (exact) mass is 900 g/mol. The lowest BCUT2D eigenvalue weighted by Gasteiger charge is -2.24. The normalized spacial score (nSPS) is 13.4. The summed E-state index contributed by atoms with van der Waals surface area (Å²) in [4.78, 5) is 26.2. The number of hydrogen-bond donors (Lipinski definition) is 3. The third kappa shape index (κ3) is 46.6. The van der Waals surface area contributed by atoms with E-state index in [4.69, 9.17) is 4.74 Å². The van der Waals surface area contributed by atoms with Gasteiger partial charge in [-0.15, -0.1) is 0 Å². The molecule has 3 atom stereocenters. The summed E-state index contributed by atoms with van der Waals surface area (Å²) >= 11 is 0. The molecule has 6 nitrogen and oxygen atoms in total. The topological polar surface area (TPSA) is 95.9 Å². The molecule has 0 rings (SSSR count). The summed E-state index contributed by atoms with van der Waals surface area (Å²) in [5.74, 6) is -0.484. The van der Waals surface area contributed by atoms with Crippen molar-refractivity contribution >= 4 is 11.9 Å². The second-order valence-corrected chi connectivity index (χ2v) is 19.3. The first-order valence-electron chi connectivity index (χ1n) is 28.2. The van der Waals surface area contributed by atoms with Gasteiger partial charge in [0.25, 0.3) is 0 Å². The van der Waals surface area contributed by atoms with Crippen LogP contribution in [0.4, 0.5) is 0 Å². The summed E-state index contributed by atoms with van der Waals surface area (Å²) in [7, 11) is 0. The number of esters is 1. The van der Waals surface area contributed by atoms with Gasteiger partial charge in [0.2, 0.25) is 5.91 Å². The van der Waals surface area contributed by atoms with E-state index < -0.39 is 18.2 Å². The lowest BCUT2D eigenvalue weighted by atomic mass is 10.0. The minimum atomic E-state index is -0.789. The van der Waals surface area contributed by atoms with Gasteiger partial charge < -0.3 is 20.3 Å². The van der Waals surface area contributed by atoms with Crippen molar-refractivity contribution in [3.63, 3.8) is 0 Å². The van der Waals surface area contributed by atoms with Crippen LogP contribution in [-0.4, -0.2) is 46.9 Å². The zero-order chi connectivity index (χ0) is 46.7. The molecule has 0 saturated carbocycles. The van der Waals surface area contributed by atoms with E-state index in [1.807, 2.05) is 0 Å². The van der Waals surface area contributed by atoms with Crippen molar-refractivity contribution in [3.05, 3.63) is 36.5 Å². The number of carbonyl (C=O) groups excluding carboxylic acids is 2. The second-order valence-electron chi connectivity index (χ2n) is 19.3. The largest absolute Gasteiger partial charge is 0.462 e. The Labute approximate surface area is 398 Å². The van der Waals surface area contributed by atoms with Crippen molar-refractivity contribution in [2.75, 3.05) is 6.61 Å². The van der Waals surface area contributed by atoms with E-state index in [9.17, 15) is 19.8 Å². The van der Waals surface area contributed by atoms with Gasteiger partial charge in [0, 0.05) is 6.42 Å². The van der Waals surface area contributed by atoms with Gasteiger partial charge in [-0.2, -0.15) is 0 Å². The lowest BCUT2D eigenvalue weighted by Crippen LogP contribution is -2.46. The van der Waals surface area contributed by atoms with Crippen LogP contribution in [0.1, 0.15) is 297 Å². The van der Waals surface area contributed by atoms with Crippen molar-refractivity contribution in [3.8, 4) is 0 Å². The number of allylic oxidation sites excluding steroid dienone is 6. The van der Waals surface area contributed by atoms with E-state index in [0.29, 0.717) is 19.3 Å². The highest BCUT2D eigenvalue weighted by molar-refractivity contribution is 5.77. The van der Waals surface area contributed by atoms with Crippen LogP contribution in [0.5, 0.6) is 0 Å². The summed E-state index contributed by atoms with van der Waals surface area (Å²) < 4.78 is 5.95. The molecular formula is C58H109NO5. The molecule has 0 aromatic heterocycles. The first kappa shape index (κ1) is 62.1. The molecule has 0 aromatic rings. The van der Waals surface area contributed by atoms with Crippen molar-refractivity contribution in [2.24, 2.45) is 0 Å². The van der Waals surface area contributed by atoms with Crippen LogP contribution in [0.25, 0.3) is 0 Å². The van der Waals surface area contributed by atoms with Gasteiger partial charge in [-0.3, -0.25) is 9.59 Å². The Morgan fingerprint density at radius 3 is 1.28 bits per heavy atom. The third-order valence-corrected chi connectivity index (χ3v) is 13.0. The minimum absolute atomic E-state index is 0.0730. The van der Waals surface area contributed by atoms with E-state index >= 15 is 0 Å². The van der Waals surface area contributed by atoms with Crippen LogP contribution in [-0.2, 0) is 14.3 Å². The molecule has 0 aliphatic heterocycles. The van der Waals surface area contributed by atoms with Gasteiger partial charge in [-0.1, -0.05) is 263 Å². The molecule has 64 heavy (non-hydrogen) atoms. The molecule has 3 N–H and O–H groups in total. The molecule has 0 bridgehead atoms. The quantitative estimate of drug-likeness (QED) is 0.0321. The summed E-state index contributed by atoms with van der Waals surface area (Å²) in [6.07, 6.45) is 62.1. The average Bonchev–Trinajstić information content (AvgIpc) is 3.29. The Bertz CT molecular complexity index is 1060. The average molecular weight is 901 g/mol. The molecule has 0 aliphatic carbocycles. The van der Waals surface area contributed by atoms with Gasteiger partial charge >= 0.3 is 5.97 Å². The second kappa shape index (κ2) is 52.1. The predicted octanol–water partition coefficient (Wildman–Crippen LogP) is 17.2. The Morgan fingerprint density at radius 1 is 0.469 bits per heavy atom. The fraction of sp³-hybridized carbons (Fsp3) is 0.862. The molecule has 1 amide bonds. The van der Waals surface area contributed by atoms with Crippen LogP contribution in [0.3, 0.4) is 0 Å². The number of aliphatic hydroxyl groups is 2. The number of carbonyl (C=O) groups is 2. The van der Waals surface area contributed by atoms with Crippen LogP contribution < -0.4 is 5.32 Å². The SMILES string of the molecule is CC/C=C/C/C=C/C/C=C/CCCCCCC(=O)OC(CCCCCCCCCCCCCCCCC)CC(=O)NC(CO)C(O)CCCCCCCCCCCCCCCCCC. The number of nitrogens with one attached hydrogen (secondary N) is 1. The van der Waals surface area contributed by atoms with Crippen molar-refractivity contribution in [1.82, 2.24) is 5.32 Å². The smallest absolute Gasteiger partial charge is 0.306 e. The van der Waals surface area contributed by atoms with E-state index in [2.05, 4.69) is 62.5 Å². The number of hydrogen-bond acceptors (Lipinski definition) is 5. The Hall–Kier alpha value is -1.92. The predicted molar refractivity (Wildman–Crippen MR) is 278 cm³/mol. The first-order valence-corrected chi connectivity index (χ1v) is 28.2. The number of unbranched alkanes of at least 4 members (excludes halogenated alkanes) is 33. The van der Waals surface area contributed by atoms with Crippen molar-refractivity contribution in [2.45, 2.75) is 315 Å². The molecule has 0 saturated heterocycles. The fourth-order valence-corrected chi connectivity index (χ4v) is 8.74. The molecule has 0 radical (unpaired) electrons. The van der Waals surface area contributed by atoms with Crippen molar-refractivity contribution < 1.29 is 24.5 Å². The van der Waals surface area contributed by atoms with Crippen molar-refractivity contribution in [1.29, 1.82) is 0 Å². The molecule has 6 heteroatoms. The zero-order valence-electron chi connectivity index (χ0n) is 42.9. The van der Waals surface area contributed by atoms with Gasteiger partial charge in [-0.05, 0) is 57.8 Å². The maximum absolute atomic E-state index is 13.3. The van der Waals surface area contributed by atoms with Gasteiger partial charge in [0.05, 0.1) is 25.2 Å². The maximum atomic E-state index is 13.3. The van der Waals surface area contributed by atoms with E-state index in [1.165, 1.54) is 173 Å². The van der Waals surface area contributed by atoms with E-state index in [0.717, 1.165) is 77.0 Å². The molecule has 376 valence electrons. The summed E-state index contributed by atoms with van der Waals surface area (Å²) in [5, 5.41) is 23.9. The first-order chi connectivity index (χ1) is 31.5. The zero-order valence-corrected chi connectivity index (χ0v) is 42.9. The molecule has 0 aliphatic rings. The molecule has 0 fully saturated rings. The molecular weight excluding hydrogens is 791 g/mol. The molecule has 3 unspecified atom stereocenters. The number of aliphatic hydroxyl groups excluding tert-OH is 2. The maximum Gasteiger partial charge on any atom is 0.306 e. The van der Waals surface area contributed by atoms with Crippen LogP contribution >= 0.6 is 0 Å². The van der Waals surface area contributed by atoms with E-state index in [-0.39, 0.29) is 24.9 Å². The highest BCUT2D eigenvalue weighted by atomic mass is 16.5. The van der Waals surface area contributed by atoms with Gasteiger partial charge in [-0.25, -0.2) is 0 Å². The minimum Gasteiger partial charge on any atom is -0.462 e.